The average Bonchev–Trinajstić information content (AvgIpc) is 2.33. The molecule has 0 aliphatic heterocycles. The third-order valence-corrected chi connectivity index (χ3v) is 2.32. The first-order valence-corrected chi connectivity index (χ1v) is 5.56. The zero-order valence-corrected chi connectivity index (χ0v) is 10.4. The van der Waals surface area contributed by atoms with E-state index in [1.54, 1.807) is 0 Å². The SMILES string of the molecule is CC(CNC(=O)c1cccc(OC(F)(F)F)c1)C(=O)O. The monoisotopic (exact) mass is 291 g/mol. The summed E-state index contributed by atoms with van der Waals surface area (Å²) in [5.74, 6) is -3.07. The molecule has 0 spiro atoms. The standard InChI is InChI=1S/C12H12F3NO4/c1-7(11(18)19)6-16-10(17)8-3-2-4-9(5-8)20-12(13,14)15/h2-5,7H,6H2,1H3,(H,16,17)(H,18,19). The minimum atomic E-state index is -4.84. The Kier molecular flexibility index (Phi) is 4.95. The minimum absolute atomic E-state index is 0.0515. The molecule has 0 radical (unpaired) electrons. The van der Waals surface area contributed by atoms with Crippen molar-refractivity contribution in [3.8, 4) is 5.75 Å². The Labute approximate surface area is 112 Å². The Balaban J connectivity index is 2.69. The number of halogens is 3. The number of nitrogens with one attached hydrogen (secondary N) is 1. The number of carbonyl (C=O) groups is 2. The molecule has 0 heterocycles. The molecule has 0 saturated heterocycles. The molecule has 0 saturated carbocycles. The van der Waals surface area contributed by atoms with Crippen LogP contribution in [0.1, 0.15) is 17.3 Å². The second-order valence-electron chi connectivity index (χ2n) is 4.02. The number of alkyl halides is 3. The van der Waals surface area contributed by atoms with Gasteiger partial charge in [-0.3, -0.25) is 9.59 Å². The van der Waals surface area contributed by atoms with Gasteiger partial charge in [0.2, 0.25) is 0 Å². The molecule has 1 rings (SSSR count). The fourth-order valence-electron chi connectivity index (χ4n) is 1.27. The van der Waals surface area contributed by atoms with E-state index in [9.17, 15) is 22.8 Å². The van der Waals surface area contributed by atoms with Crippen LogP contribution >= 0.6 is 0 Å². The van der Waals surface area contributed by atoms with Crippen LogP contribution in [0, 0.1) is 5.92 Å². The maximum atomic E-state index is 12.0. The van der Waals surface area contributed by atoms with E-state index in [1.165, 1.54) is 19.1 Å². The van der Waals surface area contributed by atoms with Crippen molar-refractivity contribution in [1.29, 1.82) is 0 Å². The average molecular weight is 291 g/mol. The lowest BCUT2D eigenvalue weighted by atomic mass is 10.1. The molecule has 1 aromatic rings. The van der Waals surface area contributed by atoms with Crippen LogP contribution in [0.3, 0.4) is 0 Å². The lowest BCUT2D eigenvalue weighted by Gasteiger charge is -2.11. The number of benzene rings is 1. The zero-order chi connectivity index (χ0) is 15.3. The quantitative estimate of drug-likeness (QED) is 0.870. The summed E-state index contributed by atoms with van der Waals surface area (Å²) in [7, 11) is 0. The highest BCUT2D eigenvalue weighted by Crippen LogP contribution is 2.23. The fraction of sp³-hybridized carbons (Fsp3) is 0.333. The Morgan fingerprint density at radius 1 is 1.40 bits per heavy atom. The molecule has 1 atom stereocenters. The molecule has 0 aliphatic carbocycles. The van der Waals surface area contributed by atoms with Crippen molar-refractivity contribution in [1.82, 2.24) is 5.32 Å². The number of carbonyl (C=O) groups excluding carboxylic acids is 1. The normalized spacial score (nSPS) is 12.6. The Morgan fingerprint density at radius 3 is 2.60 bits per heavy atom. The van der Waals surface area contributed by atoms with Gasteiger partial charge in [-0.05, 0) is 18.2 Å². The number of hydrogen-bond donors (Lipinski definition) is 2. The van der Waals surface area contributed by atoms with Gasteiger partial charge >= 0.3 is 12.3 Å². The molecule has 5 nitrogen and oxygen atoms in total. The van der Waals surface area contributed by atoms with Crippen LogP contribution in [-0.2, 0) is 4.79 Å². The Bertz CT molecular complexity index is 502. The van der Waals surface area contributed by atoms with Crippen LogP contribution < -0.4 is 10.1 Å². The van der Waals surface area contributed by atoms with Crippen LogP contribution in [-0.4, -0.2) is 29.9 Å². The van der Waals surface area contributed by atoms with Crippen molar-refractivity contribution < 1.29 is 32.6 Å². The first-order chi connectivity index (χ1) is 9.19. The van der Waals surface area contributed by atoms with Crippen molar-refractivity contribution in [2.24, 2.45) is 5.92 Å². The molecule has 8 heteroatoms. The molecule has 1 amide bonds. The fourth-order valence-corrected chi connectivity index (χ4v) is 1.27. The van der Waals surface area contributed by atoms with Crippen LogP contribution in [0.2, 0.25) is 0 Å². The highest BCUT2D eigenvalue weighted by molar-refractivity contribution is 5.94. The number of hydrogen-bond acceptors (Lipinski definition) is 3. The minimum Gasteiger partial charge on any atom is -0.481 e. The van der Waals surface area contributed by atoms with Crippen LogP contribution in [0.5, 0.6) is 5.75 Å². The van der Waals surface area contributed by atoms with Gasteiger partial charge in [-0.1, -0.05) is 13.0 Å². The summed E-state index contributed by atoms with van der Waals surface area (Å²) >= 11 is 0. The predicted molar refractivity (Wildman–Crippen MR) is 62.3 cm³/mol. The van der Waals surface area contributed by atoms with Crippen molar-refractivity contribution in [2.75, 3.05) is 6.54 Å². The third-order valence-electron chi connectivity index (χ3n) is 2.32. The van der Waals surface area contributed by atoms with Gasteiger partial charge < -0.3 is 15.2 Å². The maximum absolute atomic E-state index is 12.0. The van der Waals surface area contributed by atoms with E-state index in [4.69, 9.17) is 5.11 Å². The van der Waals surface area contributed by atoms with Crippen LogP contribution in [0.15, 0.2) is 24.3 Å². The number of rotatable bonds is 5. The van der Waals surface area contributed by atoms with Crippen LogP contribution in [0.4, 0.5) is 13.2 Å². The second-order valence-corrected chi connectivity index (χ2v) is 4.02. The van der Waals surface area contributed by atoms with E-state index in [-0.39, 0.29) is 12.1 Å². The summed E-state index contributed by atoms with van der Waals surface area (Å²) in [5.41, 5.74) is -0.0515. The third kappa shape index (κ3) is 5.17. The summed E-state index contributed by atoms with van der Waals surface area (Å²) in [6.07, 6.45) is -4.84. The van der Waals surface area contributed by atoms with Gasteiger partial charge in [-0.15, -0.1) is 13.2 Å². The summed E-state index contributed by atoms with van der Waals surface area (Å²) in [5, 5.41) is 11.0. The van der Waals surface area contributed by atoms with Crippen molar-refractivity contribution >= 4 is 11.9 Å². The highest BCUT2D eigenvalue weighted by Gasteiger charge is 2.31. The summed E-state index contributed by atoms with van der Waals surface area (Å²) in [6.45, 7) is 1.27. The van der Waals surface area contributed by atoms with Gasteiger partial charge in [0.1, 0.15) is 5.75 Å². The van der Waals surface area contributed by atoms with E-state index < -0.39 is 29.9 Å². The number of carboxylic acids is 1. The predicted octanol–water partition coefficient (Wildman–Crippen LogP) is 2.04. The summed E-state index contributed by atoms with van der Waals surface area (Å²) in [4.78, 5) is 22.2. The molecule has 0 fully saturated rings. The molecule has 0 bridgehead atoms. The number of aliphatic carboxylic acids is 1. The molecule has 0 aromatic heterocycles. The lowest BCUT2D eigenvalue weighted by molar-refractivity contribution is -0.274. The van der Waals surface area contributed by atoms with Gasteiger partial charge in [0.15, 0.2) is 0 Å². The van der Waals surface area contributed by atoms with Gasteiger partial charge in [-0.25, -0.2) is 0 Å². The van der Waals surface area contributed by atoms with Crippen molar-refractivity contribution in [3.05, 3.63) is 29.8 Å². The molecule has 1 aromatic carbocycles. The first-order valence-electron chi connectivity index (χ1n) is 5.56. The van der Waals surface area contributed by atoms with Crippen molar-refractivity contribution in [2.45, 2.75) is 13.3 Å². The maximum Gasteiger partial charge on any atom is 0.573 e. The van der Waals surface area contributed by atoms with Gasteiger partial charge in [0.25, 0.3) is 5.91 Å². The van der Waals surface area contributed by atoms with Crippen LogP contribution in [0.25, 0.3) is 0 Å². The molecule has 20 heavy (non-hydrogen) atoms. The molecule has 2 N–H and O–H groups in total. The summed E-state index contributed by atoms with van der Waals surface area (Å²) < 4.78 is 39.8. The smallest absolute Gasteiger partial charge is 0.481 e. The zero-order valence-electron chi connectivity index (χ0n) is 10.4. The van der Waals surface area contributed by atoms with E-state index in [2.05, 4.69) is 10.1 Å². The number of carboxylic acid groups (broad SMARTS) is 1. The molecule has 110 valence electrons. The summed E-state index contributed by atoms with van der Waals surface area (Å²) in [6, 6.07) is 4.51. The highest BCUT2D eigenvalue weighted by atomic mass is 19.4. The van der Waals surface area contributed by atoms with E-state index in [0.717, 1.165) is 12.1 Å². The second kappa shape index (κ2) is 6.27. The lowest BCUT2D eigenvalue weighted by Crippen LogP contribution is -2.31. The Hall–Kier alpha value is -2.25. The largest absolute Gasteiger partial charge is 0.573 e. The van der Waals surface area contributed by atoms with E-state index >= 15 is 0 Å². The molecule has 1 unspecified atom stereocenters. The number of ether oxygens (including phenoxy) is 1. The molecule has 0 aliphatic rings. The number of amides is 1. The Morgan fingerprint density at radius 2 is 2.05 bits per heavy atom. The molecular formula is C12H12F3NO4. The molecular weight excluding hydrogens is 279 g/mol. The topological polar surface area (TPSA) is 75.6 Å². The van der Waals surface area contributed by atoms with Crippen molar-refractivity contribution in [3.63, 3.8) is 0 Å². The van der Waals surface area contributed by atoms with Gasteiger partial charge in [-0.2, -0.15) is 0 Å². The first kappa shape index (κ1) is 15.8. The van der Waals surface area contributed by atoms with Gasteiger partial charge in [0.05, 0.1) is 5.92 Å². The van der Waals surface area contributed by atoms with E-state index in [0.29, 0.717) is 0 Å². The van der Waals surface area contributed by atoms with Gasteiger partial charge in [0, 0.05) is 12.1 Å². The van der Waals surface area contributed by atoms with E-state index in [1.807, 2.05) is 0 Å².